The molecule has 0 aromatic rings. The predicted molar refractivity (Wildman–Crippen MR) is 28.1 cm³/mol. The molecule has 0 atom stereocenters. The number of hydrogen-bond donors (Lipinski definition) is 0. The number of rotatable bonds is 3. The van der Waals surface area contributed by atoms with Gasteiger partial charge in [0.15, 0.2) is 0 Å². The Bertz CT molecular complexity index is 70.1. The standard InChI is InChI=1S/C4H6O2P/c1-2-3-4-6-7-5/h2-3H,1,4H2. The van der Waals surface area contributed by atoms with Gasteiger partial charge in [-0.3, -0.25) is 4.52 Å². The molecule has 0 aromatic heterocycles. The summed E-state index contributed by atoms with van der Waals surface area (Å²) in [6.07, 6.45) is 3.26. The highest BCUT2D eigenvalue weighted by molar-refractivity contribution is 7.17. The Morgan fingerprint density at radius 1 is 1.86 bits per heavy atom. The molecule has 0 aromatic carbocycles. The minimum absolute atomic E-state index is 0.274. The van der Waals surface area contributed by atoms with Crippen LogP contribution in [0.5, 0.6) is 0 Å². The van der Waals surface area contributed by atoms with E-state index in [1.807, 2.05) is 0 Å². The van der Waals surface area contributed by atoms with Crippen molar-refractivity contribution >= 4 is 8.69 Å². The Labute approximate surface area is 44.5 Å². The monoisotopic (exact) mass is 117 g/mol. The van der Waals surface area contributed by atoms with Gasteiger partial charge in [-0.05, 0) is 6.92 Å². The largest absolute Gasteiger partial charge is 0.327 e. The molecular formula is C4H6O2P. The molecule has 0 aliphatic rings. The molecule has 0 rings (SSSR count). The second kappa shape index (κ2) is 5.80. The molecule has 0 saturated heterocycles. The van der Waals surface area contributed by atoms with Crippen LogP contribution in [-0.2, 0) is 9.09 Å². The molecule has 39 valence electrons. The SMILES string of the molecule is [CH2]C=CCOP=O. The lowest BCUT2D eigenvalue weighted by Crippen LogP contribution is -1.71. The summed E-state index contributed by atoms with van der Waals surface area (Å²) in [5.41, 5.74) is 0. The van der Waals surface area contributed by atoms with Crippen LogP contribution in [0.3, 0.4) is 0 Å². The Morgan fingerprint density at radius 3 is 3.00 bits per heavy atom. The first kappa shape index (κ1) is 6.80. The molecule has 3 heteroatoms. The lowest BCUT2D eigenvalue weighted by Gasteiger charge is -1.78. The molecule has 0 saturated carbocycles. The van der Waals surface area contributed by atoms with Gasteiger partial charge in [-0.2, -0.15) is 0 Å². The van der Waals surface area contributed by atoms with E-state index in [4.69, 9.17) is 0 Å². The first-order valence-electron chi connectivity index (χ1n) is 1.80. The second-order valence-electron chi connectivity index (χ2n) is 0.842. The molecule has 0 bridgehead atoms. The minimum Gasteiger partial charge on any atom is -0.290 e. The average molecular weight is 117 g/mol. The van der Waals surface area contributed by atoms with Crippen molar-refractivity contribution in [2.45, 2.75) is 0 Å². The maximum Gasteiger partial charge on any atom is 0.327 e. The maximum atomic E-state index is 9.50. The van der Waals surface area contributed by atoms with Crippen molar-refractivity contribution in [2.75, 3.05) is 6.61 Å². The molecule has 7 heavy (non-hydrogen) atoms. The first-order valence-corrected chi connectivity index (χ1v) is 2.53. The third-order valence-corrected chi connectivity index (χ3v) is 0.645. The van der Waals surface area contributed by atoms with E-state index >= 15 is 0 Å². The highest BCUT2D eigenvalue weighted by atomic mass is 31.1. The summed E-state index contributed by atoms with van der Waals surface area (Å²) < 4.78 is 13.9. The molecule has 0 fully saturated rings. The maximum absolute atomic E-state index is 9.50. The van der Waals surface area contributed by atoms with Gasteiger partial charge in [-0.15, -0.1) is 0 Å². The van der Waals surface area contributed by atoms with Crippen LogP contribution < -0.4 is 0 Å². The summed E-state index contributed by atoms with van der Waals surface area (Å²) in [5.74, 6) is 0. The van der Waals surface area contributed by atoms with Crippen LogP contribution in [0.25, 0.3) is 0 Å². The molecule has 2 nitrogen and oxygen atoms in total. The van der Waals surface area contributed by atoms with Crippen LogP contribution in [-0.4, -0.2) is 6.61 Å². The third-order valence-electron chi connectivity index (χ3n) is 0.390. The van der Waals surface area contributed by atoms with Gasteiger partial charge in [-0.25, -0.2) is 4.57 Å². The predicted octanol–water partition coefficient (Wildman–Crippen LogP) is 1.60. The summed E-state index contributed by atoms with van der Waals surface area (Å²) in [7, 11) is -0.274. The normalized spacial score (nSPS) is 11.0. The van der Waals surface area contributed by atoms with E-state index in [9.17, 15) is 4.57 Å². The van der Waals surface area contributed by atoms with Crippen LogP contribution in [0.4, 0.5) is 0 Å². The first-order chi connectivity index (χ1) is 3.41. The van der Waals surface area contributed by atoms with Crippen molar-refractivity contribution in [1.29, 1.82) is 0 Å². The zero-order valence-corrected chi connectivity index (χ0v) is 4.73. The molecular weight excluding hydrogens is 111 g/mol. The smallest absolute Gasteiger partial charge is 0.290 e. The zero-order chi connectivity index (χ0) is 5.54. The quantitative estimate of drug-likeness (QED) is 0.414. The molecule has 0 aliphatic heterocycles. The van der Waals surface area contributed by atoms with E-state index in [-0.39, 0.29) is 8.69 Å². The molecule has 0 aliphatic carbocycles. The fourth-order valence-electron chi connectivity index (χ4n) is 0.142. The Balaban J connectivity index is 2.82. The van der Waals surface area contributed by atoms with Crippen LogP contribution in [0.2, 0.25) is 0 Å². The van der Waals surface area contributed by atoms with E-state index in [2.05, 4.69) is 11.4 Å². The van der Waals surface area contributed by atoms with Gasteiger partial charge in [-0.1, -0.05) is 12.2 Å². The Morgan fingerprint density at radius 2 is 2.57 bits per heavy atom. The van der Waals surface area contributed by atoms with Crippen molar-refractivity contribution in [3.63, 3.8) is 0 Å². The second-order valence-corrected chi connectivity index (χ2v) is 1.25. The van der Waals surface area contributed by atoms with Crippen molar-refractivity contribution in [1.82, 2.24) is 0 Å². The average Bonchev–Trinajstić information content (AvgIpc) is 1.69. The van der Waals surface area contributed by atoms with Gasteiger partial charge in [0.1, 0.15) is 0 Å². The van der Waals surface area contributed by atoms with Gasteiger partial charge >= 0.3 is 8.69 Å². The van der Waals surface area contributed by atoms with Crippen molar-refractivity contribution in [3.8, 4) is 0 Å². The van der Waals surface area contributed by atoms with E-state index in [1.54, 1.807) is 12.2 Å². The number of hydrogen-bond acceptors (Lipinski definition) is 2. The van der Waals surface area contributed by atoms with Gasteiger partial charge in [0, 0.05) is 0 Å². The van der Waals surface area contributed by atoms with E-state index in [0.29, 0.717) is 6.61 Å². The lowest BCUT2D eigenvalue weighted by molar-refractivity contribution is 0.387. The van der Waals surface area contributed by atoms with Crippen LogP contribution in [0, 0.1) is 6.92 Å². The van der Waals surface area contributed by atoms with Crippen LogP contribution >= 0.6 is 8.69 Å². The van der Waals surface area contributed by atoms with E-state index in [0.717, 1.165) is 0 Å². The summed E-state index contributed by atoms with van der Waals surface area (Å²) in [6, 6.07) is 0. The van der Waals surface area contributed by atoms with E-state index < -0.39 is 0 Å². The van der Waals surface area contributed by atoms with Crippen molar-refractivity contribution in [3.05, 3.63) is 19.1 Å². The Kier molecular flexibility index (Phi) is 5.63. The molecule has 1 radical (unpaired) electrons. The van der Waals surface area contributed by atoms with E-state index in [1.165, 1.54) is 0 Å². The fraction of sp³-hybridized carbons (Fsp3) is 0.250. The summed E-state index contributed by atoms with van der Waals surface area (Å²) in [4.78, 5) is 0. The summed E-state index contributed by atoms with van der Waals surface area (Å²) >= 11 is 0. The van der Waals surface area contributed by atoms with Crippen molar-refractivity contribution < 1.29 is 9.09 Å². The van der Waals surface area contributed by atoms with Gasteiger partial charge in [0.25, 0.3) is 0 Å². The van der Waals surface area contributed by atoms with Gasteiger partial charge in [0.2, 0.25) is 0 Å². The third kappa shape index (κ3) is 5.80. The minimum atomic E-state index is -0.274. The molecule has 0 unspecified atom stereocenters. The van der Waals surface area contributed by atoms with Crippen LogP contribution in [0.15, 0.2) is 12.2 Å². The zero-order valence-electron chi connectivity index (χ0n) is 3.83. The number of allylic oxidation sites excluding steroid dienone is 1. The molecule has 0 N–H and O–H groups in total. The van der Waals surface area contributed by atoms with Gasteiger partial charge < -0.3 is 0 Å². The fourth-order valence-corrected chi connectivity index (χ4v) is 0.288. The highest BCUT2D eigenvalue weighted by Crippen LogP contribution is 1.91. The van der Waals surface area contributed by atoms with Crippen molar-refractivity contribution in [2.24, 2.45) is 0 Å². The lowest BCUT2D eigenvalue weighted by atomic mass is 10.6. The Hall–Kier alpha value is -0.200. The molecule has 0 heterocycles. The topological polar surface area (TPSA) is 26.3 Å². The molecule has 0 amide bonds. The summed E-state index contributed by atoms with van der Waals surface area (Å²) in [6.45, 7) is 3.76. The molecule has 0 spiro atoms. The highest BCUT2D eigenvalue weighted by Gasteiger charge is 1.71. The summed E-state index contributed by atoms with van der Waals surface area (Å²) in [5, 5.41) is 0. The van der Waals surface area contributed by atoms with Crippen LogP contribution in [0.1, 0.15) is 0 Å². The van der Waals surface area contributed by atoms with Gasteiger partial charge in [0.05, 0.1) is 6.61 Å².